The summed E-state index contributed by atoms with van der Waals surface area (Å²) in [5, 5.41) is 12.4. The van der Waals surface area contributed by atoms with Gasteiger partial charge in [-0.1, -0.05) is 32.2 Å². The van der Waals surface area contributed by atoms with Crippen molar-refractivity contribution in [3.05, 3.63) is 17.5 Å². The van der Waals surface area contributed by atoms with E-state index < -0.39 is 0 Å². The molecule has 1 rings (SSSR count). The van der Waals surface area contributed by atoms with Gasteiger partial charge in [0.05, 0.1) is 5.69 Å². The van der Waals surface area contributed by atoms with Crippen LogP contribution in [0.2, 0.25) is 6.32 Å². The van der Waals surface area contributed by atoms with Crippen LogP contribution in [0.5, 0.6) is 0 Å². The zero-order valence-electron chi connectivity index (χ0n) is 9.37. The second-order valence-electron chi connectivity index (χ2n) is 2.87. The van der Waals surface area contributed by atoms with E-state index in [1.54, 1.807) is 0 Å². The molecule has 0 atom stereocenters. The standard InChI is InChI=1S/C8H11BN2O.C2H6/c1-3-9(6-10)5-8-4-7(2)11-12-8;1-2/h4H,3,5H2,1-2H3;1-2H3. The molecule has 0 aromatic carbocycles. The van der Waals surface area contributed by atoms with Crippen molar-refractivity contribution in [3.8, 4) is 5.97 Å². The maximum absolute atomic E-state index is 8.68. The summed E-state index contributed by atoms with van der Waals surface area (Å²) >= 11 is 0. The fourth-order valence-corrected chi connectivity index (χ4v) is 1.04. The molecule has 0 aliphatic rings. The van der Waals surface area contributed by atoms with Crippen molar-refractivity contribution in [2.24, 2.45) is 0 Å². The van der Waals surface area contributed by atoms with Gasteiger partial charge < -0.3 is 4.52 Å². The summed E-state index contributed by atoms with van der Waals surface area (Å²) in [6.07, 6.45) is 1.53. The predicted octanol–water partition coefficient (Wildman–Crippen LogP) is 2.67. The summed E-state index contributed by atoms with van der Waals surface area (Å²) < 4.78 is 5.00. The van der Waals surface area contributed by atoms with Crippen molar-refractivity contribution in [1.82, 2.24) is 5.16 Å². The maximum atomic E-state index is 8.68. The normalized spacial score (nSPS) is 8.50. The molecule has 1 heterocycles. The van der Waals surface area contributed by atoms with Crippen molar-refractivity contribution < 1.29 is 4.52 Å². The smallest absolute Gasteiger partial charge is 0.275 e. The van der Waals surface area contributed by atoms with Gasteiger partial charge in [-0.05, 0) is 6.92 Å². The van der Waals surface area contributed by atoms with Crippen LogP contribution >= 0.6 is 0 Å². The van der Waals surface area contributed by atoms with E-state index in [2.05, 4.69) is 11.1 Å². The Morgan fingerprint density at radius 2 is 2.21 bits per heavy atom. The summed E-state index contributed by atoms with van der Waals surface area (Å²) in [5.74, 6) is 3.03. The number of aryl methyl sites for hydroxylation is 1. The highest BCUT2D eigenvalue weighted by Gasteiger charge is 2.14. The third-order valence-corrected chi connectivity index (χ3v) is 1.80. The molecule has 0 aliphatic heterocycles. The van der Waals surface area contributed by atoms with Crippen LogP contribution in [0.25, 0.3) is 0 Å². The van der Waals surface area contributed by atoms with Gasteiger partial charge in [-0.2, -0.15) is 0 Å². The monoisotopic (exact) mass is 192 g/mol. The van der Waals surface area contributed by atoms with E-state index in [4.69, 9.17) is 9.78 Å². The fraction of sp³-hybridized carbons (Fsp3) is 0.600. The molecular weight excluding hydrogens is 175 g/mol. The zero-order valence-corrected chi connectivity index (χ0v) is 9.37. The van der Waals surface area contributed by atoms with Gasteiger partial charge in [-0.3, -0.25) is 0 Å². The minimum Gasteiger partial charge on any atom is -0.362 e. The first-order valence-corrected chi connectivity index (χ1v) is 5.08. The van der Waals surface area contributed by atoms with Crippen molar-refractivity contribution >= 4 is 6.71 Å². The Morgan fingerprint density at radius 1 is 1.57 bits per heavy atom. The van der Waals surface area contributed by atoms with Crippen LogP contribution in [0.3, 0.4) is 0 Å². The molecule has 0 radical (unpaired) electrons. The first-order chi connectivity index (χ1) is 6.76. The lowest BCUT2D eigenvalue weighted by Gasteiger charge is -1.94. The molecule has 0 fully saturated rings. The van der Waals surface area contributed by atoms with E-state index in [-0.39, 0.29) is 6.71 Å². The minimum atomic E-state index is 0.0531. The van der Waals surface area contributed by atoms with Crippen LogP contribution in [0.1, 0.15) is 32.2 Å². The topological polar surface area (TPSA) is 49.8 Å². The van der Waals surface area contributed by atoms with Gasteiger partial charge in [-0.15, -0.1) is 0 Å². The van der Waals surface area contributed by atoms with Crippen LogP contribution in [0.15, 0.2) is 10.6 Å². The molecular formula is C10H17BN2O. The Balaban J connectivity index is 0.000000791. The molecule has 0 spiro atoms. The number of nitriles is 1. The molecule has 1 aromatic heterocycles. The van der Waals surface area contributed by atoms with Crippen LogP contribution in [-0.2, 0) is 6.32 Å². The Hall–Kier alpha value is -1.24. The molecule has 0 bridgehead atoms. The van der Waals surface area contributed by atoms with Crippen molar-refractivity contribution in [3.63, 3.8) is 0 Å². The summed E-state index contributed by atoms with van der Waals surface area (Å²) in [6.45, 7) is 7.93. The second-order valence-corrected chi connectivity index (χ2v) is 2.87. The number of nitrogens with zero attached hydrogens (tertiary/aromatic N) is 2. The predicted molar refractivity (Wildman–Crippen MR) is 58.1 cm³/mol. The Morgan fingerprint density at radius 3 is 2.57 bits per heavy atom. The van der Waals surface area contributed by atoms with Gasteiger partial charge in [0.1, 0.15) is 5.76 Å². The van der Waals surface area contributed by atoms with E-state index in [1.807, 2.05) is 33.8 Å². The highest BCUT2D eigenvalue weighted by atomic mass is 16.5. The molecule has 76 valence electrons. The molecule has 1 aromatic rings. The van der Waals surface area contributed by atoms with E-state index in [1.165, 1.54) is 0 Å². The fourth-order valence-electron chi connectivity index (χ4n) is 1.04. The average molecular weight is 192 g/mol. The Bertz CT molecular complexity index is 291. The first kappa shape index (κ1) is 12.8. The molecule has 14 heavy (non-hydrogen) atoms. The quantitative estimate of drug-likeness (QED) is 0.691. The maximum Gasteiger partial charge on any atom is 0.275 e. The Labute approximate surface area is 86.2 Å². The lowest BCUT2D eigenvalue weighted by Crippen LogP contribution is -2.12. The van der Waals surface area contributed by atoms with Gasteiger partial charge >= 0.3 is 0 Å². The molecule has 0 amide bonds. The minimum absolute atomic E-state index is 0.0531. The number of aromatic nitrogens is 1. The van der Waals surface area contributed by atoms with Crippen LogP contribution in [0.4, 0.5) is 0 Å². The number of rotatable bonds is 3. The van der Waals surface area contributed by atoms with E-state index >= 15 is 0 Å². The summed E-state index contributed by atoms with van der Waals surface area (Å²) in [5.41, 5.74) is 0.873. The number of hydrogen-bond donors (Lipinski definition) is 0. The number of hydrogen-bond acceptors (Lipinski definition) is 3. The average Bonchev–Trinajstić information content (AvgIpc) is 2.63. The van der Waals surface area contributed by atoms with E-state index in [0.29, 0.717) is 6.32 Å². The first-order valence-electron chi connectivity index (χ1n) is 5.08. The third kappa shape index (κ3) is 4.13. The summed E-state index contributed by atoms with van der Waals surface area (Å²) in [7, 11) is 0. The van der Waals surface area contributed by atoms with Gasteiger partial charge in [0.25, 0.3) is 6.71 Å². The zero-order chi connectivity index (χ0) is 11.0. The third-order valence-electron chi connectivity index (χ3n) is 1.80. The van der Waals surface area contributed by atoms with Crippen LogP contribution in [-0.4, -0.2) is 11.9 Å². The van der Waals surface area contributed by atoms with Gasteiger partial charge in [0.2, 0.25) is 0 Å². The molecule has 0 unspecified atom stereocenters. The molecule has 0 saturated heterocycles. The SMILES string of the molecule is CC.CCB(C#N)Cc1cc(C)no1. The second kappa shape index (κ2) is 7.20. The van der Waals surface area contributed by atoms with Gasteiger partial charge in [0.15, 0.2) is 0 Å². The highest BCUT2D eigenvalue weighted by molar-refractivity contribution is 6.66. The van der Waals surface area contributed by atoms with E-state index in [0.717, 1.165) is 17.8 Å². The van der Waals surface area contributed by atoms with Crippen molar-refractivity contribution in [2.45, 2.75) is 40.3 Å². The molecule has 0 N–H and O–H groups in total. The Kier molecular flexibility index (Phi) is 6.56. The lowest BCUT2D eigenvalue weighted by atomic mass is 9.46. The van der Waals surface area contributed by atoms with Gasteiger partial charge in [0, 0.05) is 18.4 Å². The molecule has 4 heteroatoms. The summed E-state index contributed by atoms with van der Waals surface area (Å²) in [6, 6.07) is 1.88. The molecule has 3 nitrogen and oxygen atoms in total. The summed E-state index contributed by atoms with van der Waals surface area (Å²) in [4.78, 5) is 0. The van der Waals surface area contributed by atoms with Gasteiger partial charge in [-0.25, -0.2) is 5.26 Å². The van der Waals surface area contributed by atoms with Crippen LogP contribution < -0.4 is 0 Å². The lowest BCUT2D eigenvalue weighted by molar-refractivity contribution is 0.389. The van der Waals surface area contributed by atoms with E-state index in [9.17, 15) is 0 Å². The van der Waals surface area contributed by atoms with Crippen molar-refractivity contribution in [2.75, 3.05) is 0 Å². The van der Waals surface area contributed by atoms with Crippen LogP contribution in [0, 0.1) is 18.2 Å². The van der Waals surface area contributed by atoms with Crippen molar-refractivity contribution in [1.29, 1.82) is 5.26 Å². The largest absolute Gasteiger partial charge is 0.362 e. The highest BCUT2D eigenvalue weighted by Crippen LogP contribution is 2.06. The molecule has 0 aliphatic carbocycles. The molecule has 0 saturated carbocycles.